The Morgan fingerprint density at radius 1 is 1.25 bits per heavy atom. The lowest BCUT2D eigenvalue weighted by molar-refractivity contribution is 0.412. The fourth-order valence-electron chi connectivity index (χ4n) is 2.90. The molecule has 1 N–H and O–H groups in total. The first-order valence-electron chi connectivity index (χ1n) is 8.40. The highest BCUT2D eigenvalue weighted by molar-refractivity contribution is 7.99. The summed E-state index contributed by atoms with van der Waals surface area (Å²) in [7, 11) is 3.88. The molecule has 0 unspecified atom stereocenters. The van der Waals surface area contributed by atoms with Gasteiger partial charge in [-0.3, -0.25) is 0 Å². The van der Waals surface area contributed by atoms with Gasteiger partial charge in [0.25, 0.3) is 0 Å². The van der Waals surface area contributed by atoms with Crippen molar-refractivity contribution in [3.05, 3.63) is 18.1 Å². The normalized spacial score (nSPS) is 15.9. The number of nitrogens with one attached hydrogen (secondary N) is 1. The molecule has 0 aromatic carbocycles. The summed E-state index contributed by atoms with van der Waals surface area (Å²) in [6.45, 7) is 6.47. The minimum absolute atomic E-state index is 0.322. The predicted octanol–water partition coefficient (Wildman–Crippen LogP) is 2.33. The Balaban J connectivity index is 1.88. The van der Waals surface area contributed by atoms with Gasteiger partial charge in [-0.2, -0.15) is 0 Å². The minimum atomic E-state index is 0.322. The summed E-state index contributed by atoms with van der Waals surface area (Å²) in [5.41, 5.74) is 0. The summed E-state index contributed by atoms with van der Waals surface area (Å²) in [6.07, 6.45) is 4.02. The third-order valence-electron chi connectivity index (χ3n) is 4.12. The fraction of sp³-hybridized carbons (Fsp3) is 0.625. The first kappa shape index (κ1) is 17.2. The van der Waals surface area contributed by atoms with Crippen LogP contribution < -0.4 is 10.2 Å². The van der Waals surface area contributed by atoms with Crippen LogP contribution in [-0.4, -0.2) is 51.9 Å². The molecule has 1 saturated heterocycles. The summed E-state index contributed by atoms with van der Waals surface area (Å²) in [4.78, 5) is 10.7. The largest absolute Gasteiger partial charge is 0.347 e. The van der Waals surface area contributed by atoms with Crippen molar-refractivity contribution in [3.63, 3.8) is 0 Å². The van der Waals surface area contributed by atoms with Crippen molar-refractivity contribution in [2.45, 2.75) is 48.8 Å². The minimum Gasteiger partial charge on any atom is -0.347 e. The fourth-order valence-corrected chi connectivity index (χ4v) is 3.83. The zero-order valence-corrected chi connectivity index (χ0v) is 15.5. The average Bonchev–Trinajstić information content (AvgIpc) is 2.99. The van der Waals surface area contributed by atoms with Crippen LogP contribution >= 0.6 is 11.8 Å². The summed E-state index contributed by atoms with van der Waals surface area (Å²) in [5, 5.41) is 14.2. The SMILES string of the molecule is CC(C)n1c(Sc2ccnc(N(C)C)n2)nnc1C1CCNCC1. The lowest BCUT2D eigenvalue weighted by Gasteiger charge is -2.24. The number of rotatable bonds is 5. The van der Waals surface area contributed by atoms with Gasteiger partial charge in [0.15, 0.2) is 5.16 Å². The number of piperidine rings is 1. The number of hydrogen-bond acceptors (Lipinski definition) is 7. The molecule has 3 rings (SSSR count). The maximum Gasteiger partial charge on any atom is 0.225 e. The van der Waals surface area contributed by atoms with E-state index in [9.17, 15) is 0 Å². The van der Waals surface area contributed by atoms with Gasteiger partial charge in [-0.05, 0) is 57.6 Å². The van der Waals surface area contributed by atoms with Crippen LogP contribution in [0.15, 0.2) is 22.4 Å². The van der Waals surface area contributed by atoms with Crippen molar-refractivity contribution in [2.75, 3.05) is 32.1 Å². The average molecular weight is 347 g/mol. The quantitative estimate of drug-likeness (QED) is 0.832. The van der Waals surface area contributed by atoms with E-state index < -0.39 is 0 Å². The Morgan fingerprint density at radius 2 is 2.00 bits per heavy atom. The molecule has 1 aliphatic heterocycles. The second-order valence-corrected chi connectivity index (χ2v) is 7.51. The van der Waals surface area contributed by atoms with Crippen LogP contribution in [0.3, 0.4) is 0 Å². The van der Waals surface area contributed by atoms with Crippen LogP contribution in [0.1, 0.15) is 44.5 Å². The van der Waals surface area contributed by atoms with Crippen molar-refractivity contribution in [3.8, 4) is 0 Å². The molecule has 0 bridgehead atoms. The standard InChI is InChI=1S/C16H25N7S/c1-11(2)23-14(12-5-8-17-9-6-12)20-21-16(23)24-13-7-10-18-15(19-13)22(3)4/h7,10-12,17H,5-6,8-9H2,1-4H3. The highest BCUT2D eigenvalue weighted by Crippen LogP contribution is 2.32. The van der Waals surface area contributed by atoms with Crippen LogP contribution in [0.2, 0.25) is 0 Å². The van der Waals surface area contributed by atoms with Crippen molar-refractivity contribution >= 4 is 17.7 Å². The van der Waals surface area contributed by atoms with E-state index in [-0.39, 0.29) is 0 Å². The molecule has 0 amide bonds. The second-order valence-electron chi connectivity index (χ2n) is 6.52. The molecule has 1 aliphatic rings. The molecule has 2 aromatic rings. The lowest BCUT2D eigenvalue weighted by atomic mass is 9.97. The van der Waals surface area contributed by atoms with Gasteiger partial charge in [-0.15, -0.1) is 10.2 Å². The first-order valence-corrected chi connectivity index (χ1v) is 9.21. The molecule has 3 heterocycles. The number of anilines is 1. The van der Waals surface area contributed by atoms with Gasteiger partial charge in [0, 0.05) is 32.3 Å². The summed E-state index contributed by atoms with van der Waals surface area (Å²) in [5.74, 6) is 2.29. The third kappa shape index (κ3) is 3.70. The molecule has 0 spiro atoms. The van der Waals surface area contributed by atoms with Gasteiger partial charge < -0.3 is 14.8 Å². The molecular formula is C16H25N7S. The molecule has 7 nitrogen and oxygen atoms in total. The molecule has 24 heavy (non-hydrogen) atoms. The highest BCUT2D eigenvalue weighted by atomic mass is 32.2. The Hall–Kier alpha value is -1.67. The van der Waals surface area contributed by atoms with E-state index in [1.165, 1.54) is 0 Å². The molecule has 1 fully saturated rings. The monoisotopic (exact) mass is 347 g/mol. The summed E-state index contributed by atoms with van der Waals surface area (Å²) in [6, 6.07) is 2.24. The highest BCUT2D eigenvalue weighted by Gasteiger charge is 2.25. The molecular weight excluding hydrogens is 322 g/mol. The number of aromatic nitrogens is 5. The number of nitrogens with zero attached hydrogens (tertiary/aromatic N) is 6. The zero-order valence-electron chi connectivity index (χ0n) is 14.7. The molecule has 0 atom stereocenters. The molecule has 0 radical (unpaired) electrons. The Bertz CT molecular complexity index is 677. The van der Waals surface area contributed by atoms with Crippen LogP contribution in [0.25, 0.3) is 0 Å². The topological polar surface area (TPSA) is 71.8 Å². The van der Waals surface area contributed by atoms with E-state index in [0.717, 1.165) is 41.9 Å². The van der Waals surface area contributed by atoms with E-state index in [1.54, 1.807) is 18.0 Å². The van der Waals surface area contributed by atoms with Crippen LogP contribution in [0.4, 0.5) is 5.95 Å². The second kappa shape index (κ2) is 7.48. The van der Waals surface area contributed by atoms with Crippen LogP contribution in [-0.2, 0) is 0 Å². The third-order valence-corrected chi connectivity index (χ3v) is 5.02. The van der Waals surface area contributed by atoms with Gasteiger partial charge >= 0.3 is 0 Å². The van der Waals surface area contributed by atoms with Crippen molar-refractivity contribution < 1.29 is 0 Å². The smallest absolute Gasteiger partial charge is 0.225 e. The molecule has 130 valence electrons. The van der Waals surface area contributed by atoms with Crippen molar-refractivity contribution in [1.29, 1.82) is 0 Å². The predicted molar refractivity (Wildman–Crippen MR) is 95.7 cm³/mol. The van der Waals surface area contributed by atoms with Gasteiger partial charge in [0.2, 0.25) is 5.95 Å². The van der Waals surface area contributed by atoms with Crippen molar-refractivity contribution in [2.24, 2.45) is 0 Å². The molecule has 2 aromatic heterocycles. The van der Waals surface area contributed by atoms with Gasteiger partial charge in [-0.25, -0.2) is 9.97 Å². The Labute approximate surface area is 147 Å². The number of hydrogen-bond donors (Lipinski definition) is 1. The zero-order chi connectivity index (χ0) is 17.1. The first-order chi connectivity index (χ1) is 11.6. The Morgan fingerprint density at radius 3 is 2.67 bits per heavy atom. The lowest BCUT2D eigenvalue weighted by Crippen LogP contribution is -2.28. The molecule has 0 saturated carbocycles. The maximum atomic E-state index is 4.58. The van der Waals surface area contributed by atoms with Crippen LogP contribution in [0, 0.1) is 0 Å². The van der Waals surface area contributed by atoms with Crippen LogP contribution in [0.5, 0.6) is 0 Å². The van der Waals surface area contributed by atoms with Gasteiger partial charge in [0.05, 0.1) is 0 Å². The van der Waals surface area contributed by atoms with E-state index in [4.69, 9.17) is 0 Å². The summed E-state index contributed by atoms with van der Waals surface area (Å²) < 4.78 is 2.26. The van der Waals surface area contributed by atoms with E-state index >= 15 is 0 Å². The van der Waals surface area contributed by atoms with E-state index in [2.05, 4.69) is 43.9 Å². The van der Waals surface area contributed by atoms with E-state index in [1.807, 2.05) is 25.1 Å². The molecule has 0 aliphatic carbocycles. The van der Waals surface area contributed by atoms with Gasteiger partial charge in [0.1, 0.15) is 10.9 Å². The van der Waals surface area contributed by atoms with E-state index in [0.29, 0.717) is 17.9 Å². The maximum absolute atomic E-state index is 4.58. The Kier molecular flexibility index (Phi) is 5.35. The van der Waals surface area contributed by atoms with Crippen molar-refractivity contribution in [1.82, 2.24) is 30.0 Å². The summed E-state index contributed by atoms with van der Waals surface area (Å²) >= 11 is 1.55. The molecule has 8 heteroatoms. The van der Waals surface area contributed by atoms with Gasteiger partial charge in [-0.1, -0.05) is 0 Å².